The van der Waals surface area contributed by atoms with Crippen molar-refractivity contribution in [2.75, 3.05) is 13.1 Å². The zero-order valence-corrected chi connectivity index (χ0v) is 12.3. The van der Waals surface area contributed by atoms with E-state index >= 15 is 0 Å². The Morgan fingerprint density at radius 1 is 0.895 bits per heavy atom. The summed E-state index contributed by atoms with van der Waals surface area (Å²) in [6.07, 6.45) is -0.863. The van der Waals surface area contributed by atoms with Gasteiger partial charge < -0.3 is 21.9 Å². The zero-order chi connectivity index (χ0) is 14.3. The van der Waals surface area contributed by atoms with Crippen LogP contribution in [0.5, 0.6) is 0 Å². The number of aliphatic carboxylic acids is 4. The first-order chi connectivity index (χ1) is 8.23. The van der Waals surface area contributed by atoms with Crippen molar-refractivity contribution in [1.29, 1.82) is 0 Å². The zero-order valence-electron chi connectivity index (χ0n) is 11.3. The second-order valence-electron chi connectivity index (χ2n) is 3.48. The van der Waals surface area contributed by atoms with Crippen LogP contribution in [-0.2, 0) is 19.2 Å². The minimum atomic E-state index is -1.46. The van der Waals surface area contributed by atoms with E-state index in [1.165, 1.54) is 0 Å². The minimum absolute atomic E-state index is 0. The molecule has 0 aromatic rings. The molecule has 0 aliphatic rings. The molecule has 0 saturated heterocycles. The molecule has 0 bridgehead atoms. The quantitative estimate of drug-likeness (QED) is 0.310. The third-order valence-electron chi connectivity index (χ3n) is 2.03. The van der Waals surface area contributed by atoms with Crippen molar-refractivity contribution in [3.8, 4) is 0 Å². The van der Waals surface area contributed by atoms with Gasteiger partial charge in [-0.3, -0.25) is 24.1 Å². The van der Waals surface area contributed by atoms with Crippen molar-refractivity contribution in [2.45, 2.75) is 18.9 Å². The SMILES string of the molecule is O=C(O)CC[C@H](C(=O)O)N(CC(=O)O)CC(=O)O.[H-].[Na+]. The van der Waals surface area contributed by atoms with Gasteiger partial charge in [0.1, 0.15) is 6.04 Å². The Hall–Kier alpha value is -1.16. The fraction of sp³-hybridized carbons (Fsp3) is 0.556. The smallest absolute Gasteiger partial charge is 1.00 e. The largest absolute Gasteiger partial charge is 1.00 e. The van der Waals surface area contributed by atoms with E-state index in [0.29, 0.717) is 4.90 Å². The summed E-state index contributed by atoms with van der Waals surface area (Å²) in [5, 5.41) is 34.4. The number of nitrogens with zero attached hydrogens (tertiary/aromatic N) is 1. The first-order valence-corrected chi connectivity index (χ1v) is 4.86. The summed E-state index contributed by atoms with van der Waals surface area (Å²) >= 11 is 0. The molecule has 9 nitrogen and oxygen atoms in total. The maximum absolute atomic E-state index is 10.9. The van der Waals surface area contributed by atoms with Crippen LogP contribution in [0.3, 0.4) is 0 Å². The Balaban J connectivity index is -0.00000144. The van der Waals surface area contributed by atoms with E-state index in [1.54, 1.807) is 0 Å². The molecule has 104 valence electrons. The molecular formula is C9H14NNaO8. The molecule has 0 fully saturated rings. The fourth-order valence-electron chi connectivity index (χ4n) is 1.35. The van der Waals surface area contributed by atoms with Gasteiger partial charge in [0, 0.05) is 6.42 Å². The average molecular weight is 287 g/mol. The van der Waals surface area contributed by atoms with Gasteiger partial charge in [-0.15, -0.1) is 0 Å². The van der Waals surface area contributed by atoms with E-state index in [0.717, 1.165) is 0 Å². The molecule has 19 heavy (non-hydrogen) atoms. The summed E-state index contributed by atoms with van der Waals surface area (Å²) in [5.74, 6) is -5.48. The second kappa shape index (κ2) is 9.73. The summed E-state index contributed by atoms with van der Waals surface area (Å²) in [5.41, 5.74) is 0. The molecule has 0 amide bonds. The van der Waals surface area contributed by atoms with Crippen LogP contribution in [-0.4, -0.2) is 68.3 Å². The topological polar surface area (TPSA) is 152 Å². The molecule has 0 spiro atoms. The van der Waals surface area contributed by atoms with Gasteiger partial charge in [-0.25, -0.2) is 0 Å². The van der Waals surface area contributed by atoms with Gasteiger partial charge in [-0.1, -0.05) is 0 Å². The maximum Gasteiger partial charge on any atom is 1.00 e. The molecule has 1 atom stereocenters. The van der Waals surface area contributed by atoms with Crippen LogP contribution >= 0.6 is 0 Å². The Bertz CT molecular complexity index is 348. The summed E-state index contributed by atoms with van der Waals surface area (Å²) < 4.78 is 0. The molecule has 0 radical (unpaired) electrons. The second-order valence-corrected chi connectivity index (χ2v) is 3.48. The standard InChI is InChI=1S/C9H13NO8.Na.H/c11-6(12)2-1-5(9(17)18)10(3-7(13)14)4-8(15)16;;/h5H,1-4H2,(H,11,12)(H,13,14)(H,15,16)(H,17,18);;/q;+1;-1/t5-;;/m1../s1. The summed E-state index contributed by atoms with van der Waals surface area (Å²) in [6, 6.07) is -1.46. The first kappa shape index (κ1) is 20.2. The van der Waals surface area contributed by atoms with Gasteiger partial charge in [0.25, 0.3) is 0 Å². The number of hydrogen-bond donors (Lipinski definition) is 4. The van der Waals surface area contributed by atoms with Gasteiger partial charge in [0.05, 0.1) is 13.1 Å². The van der Waals surface area contributed by atoms with Crippen LogP contribution in [0, 0.1) is 0 Å². The Labute approximate surface area is 131 Å². The number of carboxylic acid groups (broad SMARTS) is 4. The van der Waals surface area contributed by atoms with Crippen molar-refractivity contribution in [3.63, 3.8) is 0 Å². The van der Waals surface area contributed by atoms with Crippen molar-refractivity contribution in [2.24, 2.45) is 0 Å². The van der Waals surface area contributed by atoms with E-state index < -0.39 is 49.4 Å². The average Bonchev–Trinajstić information content (AvgIpc) is 2.14. The van der Waals surface area contributed by atoms with Gasteiger partial charge in [-0.2, -0.15) is 0 Å². The molecule has 0 rings (SSSR count). The van der Waals surface area contributed by atoms with E-state index in [2.05, 4.69) is 0 Å². The minimum Gasteiger partial charge on any atom is -1.00 e. The number of carboxylic acids is 4. The Kier molecular flexibility index (Phi) is 10.3. The van der Waals surface area contributed by atoms with Crippen LogP contribution in [0.4, 0.5) is 0 Å². The third kappa shape index (κ3) is 9.42. The van der Waals surface area contributed by atoms with Crippen molar-refractivity contribution in [1.82, 2.24) is 4.90 Å². The number of rotatable bonds is 9. The van der Waals surface area contributed by atoms with E-state index in [1.807, 2.05) is 0 Å². The van der Waals surface area contributed by atoms with Crippen molar-refractivity contribution < 1.29 is 70.6 Å². The van der Waals surface area contributed by atoms with Crippen LogP contribution in [0.1, 0.15) is 14.3 Å². The first-order valence-electron chi connectivity index (χ1n) is 4.86. The maximum atomic E-state index is 10.9. The molecule has 10 heteroatoms. The number of carbonyl (C=O) groups is 4. The van der Waals surface area contributed by atoms with E-state index in [-0.39, 0.29) is 37.4 Å². The molecule has 0 aromatic heterocycles. The molecule has 4 N–H and O–H groups in total. The Morgan fingerprint density at radius 3 is 1.58 bits per heavy atom. The Morgan fingerprint density at radius 2 is 1.32 bits per heavy atom. The van der Waals surface area contributed by atoms with E-state index in [9.17, 15) is 19.2 Å². The summed E-state index contributed by atoms with van der Waals surface area (Å²) in [7, 11) is 0. The monoisotopic (exact) mass is 287 g/mol. The van der Waals surface area contributed by atoms with Crippen LogP contribution < -0.4 is 29.6 Å². The normalized spacial score (nSPS) is 11.4. The fourth-order valence-corrected chi connectivity index (χ4v) is 1.35. The van der Waals surface area contributed by atoms with Crippen LogP contribution in [0.2, 0.25) is 0 Å². The molecule has 0 aliphatic heterocycles. The predicted octanol–water partition coefficient (Wildman–Crippen LogP) is -4.11. The summed E-state index contributed by atoms with van der Waals surface area (Å²) in [4.78, 5) is 43.0. The van der Waals surface area contributed by atoms with Gasteiger partial charge in [0.15, 0.2) is 0 Å². The molecule has 0 saturated carbocycles. The van der Waals surface area contributed by atoms with Gasteiger partial charge in [0.2, 0.25) is 0 Å². The van der Waals surface area contributed by atoms with Crippen LogP contribution in [0.15, 0.2) is 0 Å². The summed E-state index contributed by atoms with van der Waals surface area (Å²) in [6.45, 7) is -1.58. The third-order valence-corrected chi connectivity index (χ3v) is 2.03. The van der Waals surface area contributed by atoms with Crippen LogP contribution in [0.25, 0.3) is 0 Å². The molecular weight excluding hydrogens is 273 g/mol. The van der Waals surface area contributed by atoms with Crippen molar-refractivity contribution in [3.05, 3.63) is 0 Å². The molecule has 0 unspecified atom stereocenters. The molecule has 0 aliphatic carbocycles. The van der Waals surface area contributed by atoms with E-state index in [4.69, 9.17) is 20.4 Å². The molecule has 0 heterocycles. The number of hydrogen-bond acceptors (Lipinski definition) is 5. The molecule has 0 aromatic carbocycles. The van der Waals surface area contributed by atoms with Gasteiger partial charge >= 0.3 is 53.4 Å². The van der Waals surface area contributed by atoms with Gasteiger partial charge in [-0.05, 0) is 6.42 Å². The predicted molar refractivity (Wildman–Crippen MR) is 56.3 cm³/mol. The van der Waals surface area contributed by atoms with Crippen molar-refractivity contribution >= 4 is 23.9 Å².